The Kier molecular flexibility index (Phi) is 5.05. The van der Waals surface area contributed by atoms with Crippen molar-refractivity contribution in [1.82, 2.24) is 5.32 Å². The van der Waals surface area contributed by atoms with Crippen LogP contribution >= 0.6 is 0 Å². The molecule has 1 atom stereocenters. The minimum Gasteiger partial charge on any atom is -0.463 e. The number of hydrogen-bond acceptors (Lipinski definition) is 3. The molecule has 0 bridgehead atoms. The molecule has 0 unspecified atom stereocenters. The maximum absolute atomic E-state index is 12.9. The lowest BCUT2D eigenvalue weighted by atomic mass is 10.1. The van der Waals surface area contributed by atoms with E-state index in [9.17, 15) is 9.18 Å². The van der Waals surface area contributed by atoms with Gasteiger partial charge < -0.3 is 19.4 Å². The Morgan fingerprint density at radius 1 is 1.22 bits per heavy atom. The Morgan fingerprint density at radius 3 is 2.61 bits per heavy atom. The minimum absolute atomic E-state index is 0.0401. The number of furan rings is 1. The van der Waals surface area contributed by atoms with Crippen molar-refractivity contribution in [2.45, 2.75) is 6.04 Å². The van der Waals surface area contributed by atoms with Crippen LogP contribution in [0.15, 0.2) is 47.1 Å². The fourth-order valence-electron chi connectivity index (χ4n) is 2.82. The first-order chi connectivity index (χ1) is 11.2. The summed E-state index contributed by atoms with van der Waals surface area (Å²) in [6.45, 7) is 3.62. The monoisotopic (exact) mass is 319 g/mol. The van der Waals surface area contributed by atoms with Gasteiger partial charge in [0.1, 0.15) is 18.9 Å². The third-order valence-corrected chi connectivity index (χ3v) is 4.09. The molecule has 2 aromatic rings. The molecule has 1 saturated heterocycles. The van der Waals surface area contributed by atoms with Gasteiger partial charge in [-0.3, -0.25) is 4.79 Å². The average molecular weight is 319 g/mol. The summed E-state index contributed by atoms with van der Waals surface area (Å²) in [5.41, 5.74) is 0.446. The molecule has 0 aliphatic carbocycles. The van der Waals surface area contributed by atoms with E-state index in [1.807, 2.05) is 12.1 Å². The molecule has 1 aromatic carbocycles. The van der Waals surface area contributed by atoms with Gasteiger partial charge in [-0.1, -0.05) is 0 Å². The molecule has 5 nitrogen and oxygen atoms in total. The van der Waals surface area contributed by atoms with Gasteiger partial charge in [-0.2, -0.15) is 0 Å². The smallest absolute Gasteiger partial charge is 0.251 e. The first-order valence-electron chi connectivity index (χ1n) is 7.73. The standard InChI is InChI=1S/C17H19FN2O3/c18-14-5-3-13(4-6-14)17(21)19-12-15(16-2-1-9-23-16)20-7-10-22-11-8-20/h1-6,9,15H,7-8,10-12H2,(H,19,21)/p+1/t15-/m1/s1. The van der Waals surface area contributed by atoms with Crippen LogP contribution < -0.4 is 10.2 Å². The van der Waals surface area contributed by atoms with Gasteiger partial charge in [0.05, 0.1) is 26.0 Å². The summed E-state index contributed by atoms with van der Waals surface area (Å²) in [4.78, 5) is 13.5. The molecule has 23 heavy (non-hydrogen) atoms. The van der Waals surface area contributed by atoms with Crippen molar-refractivity contribution in [2.24, 2.45) is 0 Å². The van der Waals surface area contributed by atoms with E-state index in [2.05, 4.69) is 5.32 Å². The fraction of sp³-hybridized carbons (Fsp3) is 0.353. The third kappa shape index (κ3) is 3.97. The number of nitrogens with one attached hydrogen (secondary N) is 2. The van der Waals surface area contributed by atoms with Crippen LogP contribution in [0.1, 0.15) is 22.2 Å². The van der Waals surface area contributed by atoms with Crippen molar-refractivity contribution in [3.8, 4) is 0 Å². The highest BCUT2D eigenvalue weighted by Gasteiger charge is 2.29. The van der Waals surface area contributed by atoms with Crippen LogP contribution in [-0.2, 0) is 4.74 Å². The first-order valence-corrected chi connectivity index (χ1v) is 7.73. The van der Waals surface area contributed by atoms with Crippen LogP contribution in [0, 0.1) is 5.82 Å². The van der Waals surface area contributed by atoms with Gasteiger partial charge in [0, 0.05) is 5.56 Å². The molecule has 6 heteroatoms. The molecule has 1 fully saturated rings. The molecule has 1 aromatic heterocycles. The summed E-state index contributed by atoms with van der Waals surface area (Å²) >= 11 is 0. The summed E-state index contributed by atoms with van der Waals surface area (Å²) in [5.74, 6) is 0.281. The van der Waals surface area contributed by atoms with Crippen molar-refractivity contribution in [3.63, 3.8) is 0 Å². The number of morpholine rings is 1. The summed E-state index contributed by atoms with van der Waals surface area (Å²) in [7, 11) is 0. The van der Waals surface area contributed by atoms with Crippen LogP contribution in [0.4, 0.5) is 4.39 Å². The van der Waals surface area contributed by atoms with Gasteiger partial charge in [0.25, 0.3) is 5.91 Å². The van der Waals surface area contributed by atoms with Crippen molar-refractivity contribution >= 4 is 5.91 Å². The Labute approximate surface area is 134 Å². The molecule has 0 radical (unpaired) electrons. The van der Waals surface area contributed by atoms with Crippen molar-refractivity contribution in [3.05, 3.63) is 59.8 Å². The topological polar surface area (TPSA) is 55.9 Å². The Bertz CT molecular complexity index is 622. The van der Waals surface area contributed by atoms with Gasteiger partial charge in [0.15, 0.2) is 11.8 Å². The lowest BCUT2D eigenvalue weighted by Gasteiger charge is -2.30. The van der Waals surface area contributed by atoms with Gasteiger partial charge in [0.2, 0.25) is 0 Å². The third-order valence-electron chi connectivity index (χ3n) is 4.09. The van der Waals surface area contributed by atoms with Crippen molar-refractivity contribution in [1.29, 1.82) is 0 Å². The zero-order valence-electron chi connectivity index (χ0n) is 12.8. The zero-order chi connectivity index (χ0) is 16.1. The lowest BCUT2D eigenvalue weighted by Crippen LogP contribution is -3.15. The van der Waals surface area contributed by atoms with Crippen LogP contribution in [0.25, 0.3) is 0 Å². The number of carbonyl (C=O) groups is 1. The number of amides is 1. The summed E-state index contributed by atoms with van der Waals surface area (Å²) in [5, 5.41) is 2.92. The SMILES string of the molecule is O=C(NC[C@H](c1ccco1)[NH+]1CCOCC1)c1ccc(F)cc1. The predicted molar refractivity (Wildman–Crippen MR) is 81.7 cm³/mol. The summed E-state index contributed by atoms with van der Waals surface area (Å²) in [6, 6.07) is 9.35. The van der Waals surface area contributed by atoms with Crippen molar-refractivity contribution < 1.29 is 23.2 Å². The lowest BCUT2D eigenvalue weighted by molar-refractivity contribution is -0.938. The molecule has 1 aliphatic heterocycles. The second-order valence-electron chi connectivity index (χ2n) is 5.56. The number of carbonyl (C=O) groups excluding carboxylic acids is 1. The van der Waals surface area contributed by atoms with E-state index < -0.39 is 0 Å². The Balaban J connectivity index is 1.66. The highest BCUT2D eigenvalue weighted by atomic mass is 19.1. The normalized spacial score (nSPS) is 16.9. The van der Waals surface area contributed by atoms with Gasteiger partial charge in [-0.25, -0.2) is 4.39 Å². The van der Waals surface area contributed by atoms with Crippen LogP contribution in [0.5, 0.6) is 0 Å². The maximum atomic E-state index is 12.9. The Morgan fingerprint density at radius 2 is 1.96 bits per heavy atom. The zero-order valence-corrected chi connectivity index (χ0v) is 12.8. The molecule has 0 saturated carbocycles. The largest absolute Gasteiger partial charge is 0.463 e. The van der Waals surface area contributed by atoms with Gasteiger partial charge in [-0.15, -0.1) is 0 Å². The second-order valence-corrected chi connectivity index (χ2v) is 5.56. The van der Waals surface area contributed by atoms with Crippen LogP contribution in [0.2, 0.25) is 0 Å². The van der Waals surface area contributed by atoms with E-state index in [1.54, 1.807) is 6.26 Å². The predicted octanol–water partition coefficient (Wildman–Crippen LogP) is 0.805. The molecule has 2 N–H and O–H groups in total. The van der Waals surface area contributed by atoms with E-state index in [0.717, 1.165) is 18.8 Å². The summed E-state index contributed by atoms with van der Waals surface area (Å²) in [6.07, 6.45) is 1.64. The molecule has 1 aliphatic rings. The number of quaternary nitrogens is 1. The van der Waals surface area contributed by atoms with Crippen LogP contribution in [-0.4, -0.2) is 38.8 Å². The second kappa shape index (κ2) is 7.39. The highest BCUT2D eigenvalue weighted by Crippen LogP contribution is 2.10. The molecule has 1 amide bonds. The first kappa shape index (κ1) is 15.7. The number of halogens is 1. The minimum atomic E-state index is -0.354. The van der Waals surface area contributed by atoms with E-state index in [0.29, 0.717) is 25.3 Å². The van der Waals surface area contributed by atoms with Gasteiger partial charge in [-0.05, 0) is 36.4 Å². The number of rotatable bonds is 5. The summed E-state index contributed by atoms with van der Waals surface area (Å²) < 4.78 is 23.9. The van der Waals surface area contributed by atoms with Crippen LogP contribution in [0.3, 0.4) is 0 Å². The number of hydrogen-bond donors (Lipinski definition) is 2. The molecule has 3 rings (SSSR count). The van der Waals surface area contributed by atoms with E-state index in [-0.39, 0.29) is 17.8 Å². The highest BCUT2D eigenvalue weighted by molar-refractivity contribution is 5.94. The van der Waals surface area contributed by atoms with E-state index in [4.69, 9.17) is 9.15 Å². The number of ether oxygens (including phenoxy) is 1. The number of benzene rings is 1. The Hall–Kier alpha value is -2.18. The molecule has 122 valence electrons. The van der Waals surface area contributed by atoms with E-state index >= 15 is 0 Å². The molecule has 0 spiro atoms. The maximum Gasteiger partial charge on any atom is 0.251 e. The van der Waals surface area contributed by atoms with Crippen molar-refractivity contribution in [2.75, 3.05) is 32.8 Å². The van der Waals surface area contributed by atoms with E-state index in [1.165, 1.54) is 29.2 Å². The molecule has 2 heterocycles. The average Bonchev–Trinajstić information content (AvgIpc) is 3.11. The fourth-order valence-corrected chi connectivity index (χ4v) is 2.82. The quantitative estimate of drug-likeness (QED) is 0.857. The molecular formula is C17H20FN2O3+. The molecular weight excluding hydrogens is 299 g/mol. The van der Waals surface area contributed by atoms with Gasteiger partial charge >= 0.3 is 0 Å².